The van der Waals surface area contributed by atoms with Crippen LogP contribution >= 0.6 is 0 Å². The SMILES string of the molecule is CCCCCN=CC(CCCC)=NN. The van der Waals surface area contributed by atoms with Gasteiger partial charge in [0.2, 0.25) is 0 Å². The molecule has 0 bridgehead atoms. The zero-order valence-corrected chi connectivity index (χ0v) is 9.50. The van der Waals surface area contributed by atoms with Crippen LogP contribution in [0, 0.1) is 0 Å². The standard InChI is InChI=1S/C11H23N3/c1-3-5-7-9-13-10-11(14-12)8-6-4-2/h10H,3-9,12H2,1-2H3. The molecular weight excluding hydrogens is 174 g/mol. The molecule has 2 N–H and O–H groups in total. The van der Waals surface area contributed by atoms with E-state index in [2.05, 4.69) is 23.9 Å². The van der Waals surface area contributed by atoms with Gasteiger partial charge in [-0.05, 0) is 19.3 Å². The smallest absolute Gasteiger partial charge is 0.0778 e. The fraction of sp³-hybridized carbons (Fsp3) is 0.818. The van der Waals surface area contributed by atoms with Crippen LogP contribution in [0.25, 0.3) is 0 Å². The molecule has 0 aromatic heterocycles. The molecule has 14 heavy (non-hydrogen) atoms. The lowest BCUT2D eigenvalue weighted by Crippen LogP contribution is -2.04. The molecule has 0 spiro atoms. The molecule has 0 atom stereocenters. The normalized spacial score (nSPS) is 12.6. The summed E-state index contributed by atoms with van der Waals surface area (Å²) < 4.78 is 0. The molecule has 0 rings (SSSR count). The van der Waals surface area contributed by atoms with E-state index in [1.54, 1.807) is 0 Å². The first-order valence-corrected chi connectivity index (χ1v) is 5.61. The second-order valence-electron chi connectivity index (χ2n) is 3.47. The van der Waals surface area contributed by atoms with Crippen LogP contribution in [-0.2, 0) is 0 Å². The lowest BCUT2D eigenvalue weighted by atomic mass is 10.2. The maximum atomic E-state index is 5.25. The summed E-state index contributed by atoms with van der Waals surface area (Å²) in [7, 11) is 0. The van der Waals surface area contributed by atoms with Crippen molar-refractivity contribution in [2.75, 3.05) is 6.54 Å². The van der Waals surface area contributed by atoms with Crippen LogP contribution in [0.15, 0.2) is 10.1 Å². The van der Waals surface area contributed by atoms with E-state index >= 15 is 0 Å². The van der Waals surface area contributed by atoms with Gasteiger partial charge in [-0.2, -0.15) is 5.10 Å². The van der Waals surface area contributed by atoms with Crippen molar-refractivity contribution < 1.29 is 0 Å². The number of aliphatic imine (C=N–C) groups is 1. The summed E-state index contributed by atoms with van der Waals surface area (Å²) in [4.78, 5) is 4.30. The Bertz CT molecular complexity index is 173. The van der Waals surface area contributed by atoms with Gasteiger partial charge in [0.15, 0.2) is 0 Å². The molecule has 0 saturated carbocycles. The molecule has 0 aliphatic rings. The van der Waals surface area contributed by atoms with Gasteiger partial charge in [0.25, 0.3) is 0 Å². The van der Waals surface area contributed by atoms with E-state index in [0.29, 0.717) is 0 Å². The van der Waals surface area contributed by atoms with Crippen molar-refractivity contribution in [3.8, 4) is 0 Å². The summed E-state index contributed by atoms with van der Waals surface area (Å²) in [5, 5.41) is 3.71. The summed E-state index contributed by atoms with van der Waals surface area (Å²) in [6, 6.07) is 0. The Labute approximate surface area is 87.5 Å². The Morgan fingerprint density at radius 3 is 2.43 bits per heavy atom. The summed E-state index contributed by atoms with van der Waals surface area (Å²) in [5.74, 6) is 5.25. The van der Waals surface area contributed by atoms with Gasteiger partial charge in [0, 0.05) is 12.8 Å². The van der Waals surface area contributed by atoms with Crippen molar-refractivity contribution in [3.05, 3.63) is 0 Å². The molecule has 0 heterocycles. The third-order valence-corrected chi connectivity index (χ3v) is 2.08. The van der Waals surface area contributed by atoms with E-state index in [4.69, 9.17) is 5.84 Å². The molecule has 82 valence electrons. The first-order valence-electron chi connectivity index (χ1n) is 5.61. The van der Waals surface area contributed by atoms with Crippen molar-refractivity contribution in [1.29, 1.82) is 0 Å². The lowest BCUT2D eigenvalue weighted by molar-refractivity contribution is 0.729. The summed E-state index contributed by atoms with van der Waals surface area (Å²) in [5.41, 5.74) is 0.920. The highest BCUT2D eigenvalue weighted by molar-refractivity contribution is 6.30. The fourth-order valence-corrected chi connectivity index (χ4v) is 1.14. The van der Waals surface area contributed by atoms with Gasteiger partial charge in [-0.3, -0.25) is 4.99 Å². The Morgan fingerprint density at radius 2 is 1.86 bits per heavy atom. The van der Waals surface area contributed by atoms with E-state index < -0.39 is 0 Å². The minimum absolute atomic E-state index is 0.902. The topological polar surface area (TPSA) is 50.7 Å². The van der Waals surface area contributed by atoms with Crippen LogP contribution in [0.3, 0.4) is 0 Å². The Hall–Kier alpha value is -0.860. The molecule has 0 fully saturated rings. The van der Waals surface area contributed by atoms with Gasteiger partial charge in [-0.15, -0.1) is 0 Å². The van der Waals surface area contributed by atoms with Gasteiger partial charge in [-0.25, -0.2) is 0 Å². The average molecular weight is 197 g/mol. The lowest BCUT2D eigenvalue weighted by Gasteiger charge is -1.97. The summed E-state index contributed by atoms with van der Waals surface area (Å²) >= 11 is 0. The zero-order valence-electron chi connectivity index (χ0n) is 9.50. The summed E-state index contributed by atoms with van der Waals surface area (Å²) in [6.45, 7) is 5.25. The van der Waals surface area contributed by atoms with Crippen LogP contribution in [-0.4, -0.2) is 18.5 Å². The largest absolute Gasteiger partial charge is 0.323 e. The molecular formula is C11H23N3. The number of rotatable bonds is 8. The number of unbranched alkanes of at least 4 members (excludes halogenated alkanes) is 3. The molecule has 0 aliphatic heterocycles. The van der Waals surface area contributed by atoms with Crippen LogP contribution in [0.1, 0.15) is 52.4 Å². The second-order valence-corrected chi connectivity index (χ2v) is 3.47. The zero-order chi connectivity index (χ0) is 10.6. The van der Waals surface area contributed by atoms with Crippen molar-refractivity contribution in [1.82, 2.24) is 0 Å². The number of hydrazone groups is 1. The van der Waals surface area contributed by atoms with Crippen LogP contribution in [0.5, 0.6) is 0 Å². The van der Waals surface area contributed by atoms with Crippen molar-refractivity contribution in [2.45, 2.75) is 52.4 Å². The minimum Gasteiger partial charge on any atom is -0.323 e. The third-order valence-electron chi connectivity index (χ3n) is 2.08. The second kappa shape index (κ2) is 10.2. The molecule has 0 unspecified atom stereocenters. The van der Waals surface area contributed by atoms with Gasteiger partial charge in [0.1, 0.15) is 0 Å². The Morgan fingerprint density at radius 1 is 1.14 bits per heavy atom. The third kappa shape index (κ3) is 7.77. The average Bonchev–Trinajstić information content (AvgIpc) is 2.22. The highest BCUT2D eigenvalue weighted by Gasteiger charge is 1.93. The number of hydrogen-bond donors (Lipinski definition) is 1. The maximum absolute atomic E-state index is 5.25. The predicted molar refractivity (Wildman–Crippen MR) is 64.0 cm³/mol. The van der Waals surface area contributed by atoms with Crippen LogP contribution in [0.2, 0.25) is 0 Å². The predicted octanol–water partition coefficient (Wildman–Crippen LogP) is 2.75. The van der Waals surface area contributed by atoms with Gasteiger partial charge < -0.3 is 5.84 Å². The molecule has 0 saturated heterocycles. The number of nitrogens with zero attached hydrogens (tertiary/aromatic N) is 2. The Kier molecular flexibility index (Phi) is 9.59. The summed E-state index contributed by atoms with van der Waals surface area (Å²) in [6.07, 6.45) is 8.73. The van der Waals surface area contributed by atoms with Crippen LogP contribution in [0.4, 0.5) is 0 Å². The first-order chi connectivity index (χ1) is 6.85. The van der Waals surface area contributed by atoms with Crippen molar-refractivity contribution in [2.24, 2.45) is 15.9 Å². The Balaban J connectivity index is 3.59. The molecule has 0 radical (unpaired) electrons. The first kappa shape index (κ1) is 13.1. The fourth-order valence-electron chi connectivity index (χ4n) is 1.14. The van der Waals surface area contributed by atoms with E-state index in [1.807, 2.05) is 6.21 Å². The molecule has 0 aliphatic carbocycles. The molecule has 0 aromatic carbocycles. The van der Waals surface area contributed by atoms with Crippen molar-refractivity contribution >= 4 is 11.9 Å². The van der Waals surface area contributed by atoms with Crippen LogP contribution < -0.4 is 5.84 Å². The monoisotopic (exact) mass is 197 g/mol. The number of nitrogens with two attached hydrogens (primary N) is 1. The maximum Gasteiger partial charge on any atom is 0.0778 e. The minimum atomic E-state index is 0.902. The molecule has 3 nitrogen and oxygen atoms in total. The molecule has 0 aromatic rings. The van der Waals surface area contributed by atoms with E-state index in [-0.39, 0.29) is 0 Å². The van der Waals surface area contributed by atoms with Gasteiger partial charge in [-0.1, -0.05) is 33.1 Å². The molecule has 3 heteroatoms. The number of hydrogen-bond acceptors (Lipinski definition) is 3. The van der Waals surface area contributed by atoms with E-state index in [9.17, 15) is 0 Å². The van der Waals surface area contributed by atoms with E-state index in [1.165, 1.54) is 25.7 Å². The van der Waals surface area contributed by atoms with Crippen molar-refractivity contribution in [3.63, 3.8) is 0 Å². The molecule has 0 amide bonds. The quantitative estimate of drug-likeness (QED) is 0.276. The highest BCUT2D eigenvalue weighted by atomic mass is 15.1. The van der Waals surface area contributed by atoms with Gasteiger partial charge >= 0.3 is 0 Å². The van der Waals surface area contributed by atoms with E-state index in [0.717, 1.165) is 25.1 Å². The highest BCUT2D eigenvalue weighted by Crippen LogP contribution is 1.96. The van der Waals surface area contributed by atoms with Gasteiger partial charge in [0.05, 0.1) is 5.71 Å².